The summed E-state index contributed by atoms with van der Waals surface area (Å²) in [6.45, 7) is 4.92. The summed E-state index contributed by atoms with van der Waals surface area (Å²) in [6, 6.07) is 16.6. The zero-order chi connectivity index (χ0) is 28.0. The maximum absolute atomic E-state index is 14.5. The summed E-state index contributed by atoms with van der Waals surface area (Å²) in [7, 11) is 0. The molecule has 1 amide bonds. The number of nitrogens with zero attached hydrogens (tertiary/aromatic N) is 5. The molecule has 6 rings (SSSR count). The van der Waals surface area contributed by atoms with Crippen LogP contribution in [0.2, 0.25) is 0 Å². The number of piperidine rings is 1. The van der Waals surface area contributed by atoms with Gasteiger partial charge in [-0.15, -0.1) is 0 Å². The fourth-order valence-electron chi connectivity index (χ4n) is 5.82. The van der Waals surface area contributed by atoms with Gasteiger partial charge in [0, 0.05) is 49.2 Å². The summed E-state index contributed by atoms with van der Waals surface area (Å²) in [5.41, 5.74) is 3.60. The predicted molar refractivity (Wildman–Crippen MR) is 147 cm³/mol. The fraction of sp³-hybridized carbons (Fsp3) is 0.290. The van der Waals surface area contributed by atoms with Crippen molar-refractivity contribution in [3.8, 4) is 16.9 Å². The molecule has 40 heavy (non-hydrogen) atoms. The third-order valence-electron chi connectivity index (χ3n) is 8.15. The second-order valence-electron chi connectivity index (χ2n) is 10.6. The van der Waals surface area contributed by atoms with Crippen LogP contribution < -0.4 is 4.90 Å². The molecule has 2 aliphatic heterocycles. The summed E-state index contributed by atoms with van der Waals surface area (Å²) >= 11 is 0. The molecule has 7 nitrogen and oxygen atoms in total. The zero-order valence-electron chi connectivity index (χ0n) is 22.4. The molecule has 0 bridgehead atoms. The highest BCUT2D eigenvalue weighted by molar-refractivity contribution is 5.97. The van der Waals surface area contributed by atoms with E-state index in [2.05, 4.69) is 15.0 Å². The first-order chi connectivity index (χ1) is 19.2. The van der Waals surface area contributed by atoms with Crippen LogP contribution >= 0.6 is 0 Å². The van der Waals surface area contributed by atoms with Crippen molar-refractivity contribution < 1.29 is 18.4 Å². The second kappa shape index (κ2) is 9.97. The van der Waals surface area contributed by atoms with E-state index in [4.69, 9.17) is 0 Å². The number of amides is 1. The van der Waals surface area contributed by atoms with E-state index >= 15 is 0 Å². The van der Waals surface area contributed by atoms with Crippen LogP contribution in [-0.4, -0.2) is 56.5 Å². The van der Waals surface area contributed by atoms with Gasteiger partial charge in [-0.1, -0.05) is 6.07 Å². The van der Waals surface area contributed by atoms with Gasteiger partial charge in [0.25, 0.3) is 5.91 Å². The smallest absolute Gasteiger partial charge is 0.274 e. The maximum atomic E-state index is 14.5. The predicted octanol–water partition coefficient (Wildman–Crippen LogP) is 5.28. The van der Waals surface area contributed by atoms with Crippen LogP contribution in [0.15, 0.2) is 66.9 Å². The maximum Gasteiger partial charge on any atom is 0.274 e. The van der Waals surface area contributed by atoms with Gasteiger partial charge in [-0.25, -0.2) is 13.5 Å². The van der Waals surface area contributed by atoms with Crippen molar-refractivity contribution >= 4 is 17.4 Å². The minimum Gasteiger partial charge on any atom is -0.358 e. The minimum absolute atomic E-state index is 0.156. The van der Waals surface area contributed by atoms with E-state index in [1.807, 2.05) is 19.1 Å². The molecule has 0 aliphatic carbocycles. The minimum atomic E-state index is -0.702. The van der Waals surface area contributed by atoms with Crippen molar-refractivity contribution in [3.63, 3.8) is 0 Å². The summed E-state index contributed by atoms with van der Waals surface area (Å²) in [6.07, 6.45) is 3.10. The number of pyridine rings is 1. The lowest BCUT2D eigenvalue weighted by molar-refractivity contribution is -0.123. The molecular weight excluding hydrogens is 512 g/mol. The van der Waals surface area contributed by atoms with Crippen LogP contribution in [-0.2, 0) is 4.79 Å². The van der Waals surface area contributed by atoms with E-state index in [1.54, 1.807) is 53.0 Å². The molecule has 2 aromatic carbocycles. The Kier molecular flexibility index (Phi) is 6.44. The number of Topliss-reactive ketones (excluding diaryl/α,β-unsaturated/α-hetero) is 1. The van der Waals surface area contributed by atoms with Gasteiger partial charge < -0.3 is 9.80 Å². The Labute approximate surface area is 231 Å². The number of benzene rings is 2. The first-order valence-electron chi connectivity index (χ1n) is 13.4. The highest BCUT2D eigenvalue weighted by Gasteiger charge is 2.50. The lowest BCUT2D eigenvalue weighted by Gasteiger charge is -2.44. The highest BCUT2D eigenvalue weighted by Crippen LogP contribution is 2.39. The standard InChI is InChI=1S/C31H29F2N5O2/c1-20-3-8-25(17-26(20)33)38-28(22-5-4-21(2)34-19-22)18-27(35-38)30(40)36-15-12-31(13-16-36)29(39)11-14-37(31)24-9-6-23(32)7-10-24/h3-10,17-19H,11-16H2,1-2H3. The number of likely N-dealkylation sites (tertiary alicyclic amines) is 1. The van der Waals surface area contributed by atoms with Crippen molar-refractivity contribution in [2.75, 3.05) is 24.5 Å². The molecule has 2 saturated heterocycles. The van der Waals surface area contributed by atoms with E-state index in [1.165, 1.54) is 18.2 Å². The van der Waals surface area contributed by atoms with Gasteiger partial charge in [-0.3, -0.25) is 14.6 Å². The molecule has 4 aromatic rings. The van der Waals surface area contributed by atoms with E-state index in [9.17, 15) is 18.4 Å². The quantitative estimate of drug-likeness (QED) is 0.352. The van der Waals surface area contributed by atoms with Crippen molar-refractivity contribution in [1.29, 1.82) is 0 Å². The summed E-state index contributed by atoms with van der Waals surface area (Å²) < 4.78 is 29.6. The van der Waals surface area contributed by atoms with Crippen molar-refractivity contribution in [1.82, 2.24) is 19.7 Å². The van der Waals surface area contributed by atoms with Crippen LogP contribution in [0.3, 0.4) is 0 Å². The van der Waals surface area contributed by atoms with Crippen LogP contribution in [0.4, 0.5) is 14.5 Å². The van der Waals surface area contributed by atoms with Crippen LogP contribution in [0.25, 0.3) is 16.9 Å². The normalized spacial score (nSPS) is 16.6. The molecule has 0 N–H and O–H groups in total. The van der Waals surface area contributed by atoms with Gasteiger partial charge in [-0.2, -0.15) is 5.10 Å². The number of carbonyl (C=O) groups excluding carboxylic acids is 2. The first kappa shape index (κ1) is 25.9. The molecule has 0 unspecified atom stereocenters. The molecule has 2 fully saturated rings. The molecule has 0 atom stereocenters. The summed E-state index contributed by atoms with van der Waals surface area (Å²) in [5.74, 6) is -0.774. The average Bonchev–Trinajstić information content (AvgIpc) is 3.53. The Hall–Kier alpha value is -4.40. The van der Waals surface area contributed by atoms with Gasteiger partial charge >= 0.3 is 0 Å². The Morgan fingerprint density at radius 2 is 1.62 bits per heavy atom. The Morgan fingerprint density at radius 3 is 2.30 bits per heavy atom. The molecule has 4 heterocycles. The van der Waals surface area contributed by atoms with Gasteiger partial charge in [0.05, 0.1) is 11.4 Å². The van der Waals surface area contributed by atoms with Gasteiger partial charge in [-0.05, 0) is 86.8 Å². The van der Waals surface area contributed by atoms with Crippen molar-refractivity contribution in [2.24, 2.45) is 0 Å². The number of aromatic nitrogens is 3. The average molecular weight is 542 g/mol. The lowest BCUT2D eigenvalue weighted by atomic mass is 9.83. The number of aryl methyl sites for hydroxylation is 2. The van der Waals surface area contributed by atoms with Crippen molar-refractivity contribution in [2.45, 2.75) is 38.6 Å². The van der Waals surface area contributed by atoms with Gasteiger partial charge in [0.2, 0.25) is 0 Å². The largest absolute Gasteiger partial charge is 0.358 e. The summed E-state index contributed by atoms with van der Waals surface area (Å²) in [4.78, 5) is 35.0. The topological polar surface area (TPSA) is 71.3 Å². The van der Waals surface area contributed by atoms with E-state index in [0.29, 0.717) is 55.8 Å². The number of rotatable bonds is 4. The first-order valence-corrected chi connectivity index (χ1v) is 13.4. The lowest BCUT2D eigenvalue weighted by Crippen LogP contribution is -2.56. The molecule has 0 radical (unpaired) electrons. The Bertz CT molecular complexity index is 1590. The number of hydrogen-bond donors (Lipinski definition) is 0. The highest BCUT2D eigenvalue weighted by atomic mass is 19.1. The molecule has 0 saturated carbocycles. The molecular formula is C31H29F2N5O2. The fourth-order valence-corrected chi connectivity index (χ4v) is 5.82. The van der Waals surface area contributed by atoms with Gasteiger partial charge in [0.1, 0.15) is 17.2 Å². The Balaban J connectivity index is 1.28. The second-order valence-corrected chi connectivity index (χ2v) is 10.6. The van der Waals surface area contributed by atoms with E-state index < -0.39 is 5.54 Å². The number of anilines is 1. The van der Waals surface area contributed by atoms with Crippen LogP contribution in [0, 0.1) is 25.5 Å². The molecule has 9 heteroatoms. The van der Waals surface area contributed by atoms with E-state index in [0.717, 1.165) is 16.9 Å². The molecule has 1 spiro atoms. The third kappa shape index (κ3) is 4.45. The SMILES string of the molecule is Cc1ccc(-c2cc(C(=O)N3CCC4(CC3)C(=O)CCN4c3ccc(F)cc3)nn2-c2ccc(C)c(F)c2)cn1. The molecule has 204 valence electrons. The monoisotopic (exact) mass is 541 g/mol. The van der Waals surface area contributed by atoms with Gasteiger partial charge in [0.15, 0.2) is 11.5 Å². The zero-order valence-corrected chi connectivity index (χ0v) is 22.4. The number of halogens is 2. The van der Waals surface area contributed by atoms with Crippen LogP contribution in [0.5, 0.6) is 0 Å². The van der Waals surface area contributed by atoms with Crippen LogP contribution in [0.1, 0.15) is 41.0 Å². The molecule has 2 aromatic heterocycles. The van der Waals surface area contributed by atoms with Crippen molar-refractivity contribution in [3.05, 3.63) is 95.4 Å². The summed E-state index contributed by atoms with van der Waals surface area (Å²) in [5, 5.41) is 4.62. The molecule has 2 aliphatic rings. The van der Waals surface area contributed by atoms with E-state index in [-0.39, 0.29) is 29.0 Å². The number of ketones is 1. The number of carbonyl (C=O) groups is 2. The third-order valence-corrected chi connectivity index (χ3v) is 8.15. The number of hydrogen-bond acceptors (Lipinski definition) is 5. The Morgan fingerprint density at radius 1 is 0.900 bits per heavy atom.